The van der Waals surface area contributed by atoms with Crippen molar-refractivity contribution in [1.82, 2.24) is 19.5 Å². The average Bonchev–Trinajstić information content (AvgIpc) is 3.03. The van der Waals surface area contributed by atoms with Crippen molar-refractivity contribution in [3.63, 3.8) is 0 Å². The van der Waals surface area contributed by atoms with Gasteiger partial charge in [0.05, 0.1) is 5.69 Å². The van der Waals surface area contributed by atoms with E-state index in [-0.39, 0.29) is 5.91 Å². The van der Waals surface area contributed by atoms with E-state index >= 15 is 0 Å². The highest BCUT2D eigenvalue weighted by atomic mass is 16.1. The minimum absolute atomic E-state index is 0.0652. The summed E-state index contributed by atoms with van der Waals surface area (Å²) in [6.07, 6.45) is 11.4. The van der Waals surface area contributed by atoms with Gasteiger partial charge in [0.25, 0.3) is 0 Å². The number of carbonyl (C=O) groups excluding carboxylic acids is 1. The number of nitrogens with zero attached hydrogens (tertiary/aromatic N) is 4. The molecule has 0 atom stereocenters. The summed E-state index contributed by atoms with van der Waals surface area (Å²) in [4.78, 5) is 25.3. The molecule has 25 heavy (non-hydrogen) atoms. The van der Waals surface area contributed by atoms with Crippen LogP contribution >= 0.6 is 0 Å². The summed E-state index contributed by atoms with van der Waals surface area (Å²) in [6, 6.07) is 6.16. The van der Waals surface area contributed by atoms with Crippen LogP contribution in [0.3, 0.4) is 0 Å². The van der Waals surface area contributed by atoms with Gasteiger partial charge in [-0.25, -0.2) is 15.0 Å². The Balaban J connectivity index is 1.71. The highest BCUT2D eigenvalue weighted by Gasteiger charge is 2.17. The van der Waals surface area contributed by atoms with E-state index in [0.29, 0.717) is 17.6 Å². The van der Waals surface area contributed by atoms with Crippen molar-refractivity contribution in [2.75, 3.05) is 5.32 Å². The summed E-state index contributed by atoms with van der Waals surface area (Å²) in [7, 11) is 0. The fraction of sp³-hybridized carbons (Fsp3) is 0.368. The average molecular weight is 335 g/mol. The number of pyridine rings is 1. The first-order valence-corrected chi connectivity index (χ1v) is 8.79. The van der Waals surface area contributed by atoms with Crippen LogP contribution in [0.15, 0.2) is 36.8 Å². The Morgan fingerprint density at radius 2 is 2.00 bits per heavy atom. The summed E-state index contributed by atoms with van der Waals surface area (Å²) in [5.41, 5.74) is 2.35. The van der Waals surface area contributed by atoms with Crippen LogP contribution in [-0.4, -0.2) is 31.5 Å². The minimum atomic E-state index is -0.0652. The van der Waals surface area contributed by atoms with E-state index in [2.05, 4.69) is 20.3 Å². The van der Waals surface area contributed by atoms with E-state index in [0.717, 1.165) is 16.6 Å². The second-order valence-corrected chi connectivity index (χ2v) is 6.55. The monoisotopic (exact) mass is 335 g/mol. The molecule has 3 aromatic rings. The highest BCUT2D eigenvalue weighted by Crippen LogP contribution is 2.29. The van der Waals surface area contributed by atoms with Crippen molar-refractivity contribution in [2.45, 2.75) is 45.1 Å². The molecule has 1 aliphatic rings. The lowest BCUT2D eigenvalue weighted by molar-refractivity contribution is 0.0941. The molecule has 0 spiro atoms. The first-order valence-electron chi connectivity index (χ1n) is 8.79. The van der Waals surface area contributed by atoms with Gasteiger partial charge >= 0.3 is 0 Å². The maximum atomic E-state index is 11.9. The summed E-state index contributed by atoms with van der Waals surface area (Å²) in [5.74, 6) is 0.585. The topological polar surface area (TPSA) is 72.7 Å². The van der Waals surface area contributed by atoms with E-state index in [1.807, 2.05) is 24.4 Å². The second kappa shape index (κ2) is 6.63. The summed E-state index contributed by atoms with van der Waals surface area (Å²) < 4.78 is 1.57. The molecule has 4 rings (SSSR count). The van der Waals surface area contributed by atoms with E-state index in [9.17, 15) is 4.79 Å². The normalized spacial score (nSPS) is 15.4. The maximum absolute atomic E-state index is 11.9. The van der Waals surface area contributed by atoms with Gasteiger partial charge in [-0.1, -0.05) is 19.3 Å². The Morgan fingerprint density at radius 1 is 1.16 bits per heavy atom. The molecule has 3 aromatic heterocycles. The van der Waals surface area contributed by atoms with Crippen LogP contribution in [0, 0.1) is 0 Å². The molecule has 0 aromatic carbocycles. The molecular weight excluding hydrogens is 314 g/mol. The van der Waals surface area contributed by atoms with E-state index in [1.165, 1.54) is 39.0 Å². The Hall–Kier alpha value is -2.76. The molecule has 6 heteroatoms. The van der Waals surface area contributed by atoms with Gasteiger partial charge in [0.1, 0.15) is 5.65 Å². The Morgan fingerprint density at radius 3 is 2.80 bits per heavy atom. The third-order valence-electron chi connectivity index (χ3n) is 4.77. The number of hydrogen-bond acceptors (Lipinski definition) is 5. The molecule has 1 aliphatic carbocycles. The van der Waals surface area contributed by atoms with Crippen LogP contribution in [0.4, 0.5) is 5.95 Å². The molecule has 128 valence electrons. The molecule has 0 amide bonds. The summed E-state index contributed by atoms with van der Waals surface area (Å²) in [5, 5.41) is 4.37. The van der Waals surface area contributed by atoms with Crippen LogP contribution in [0.2, 0.25) is 0 Å². The number of fused-ring (bicyclic) bond motifs is 1. The predicted octanol–water partition coefficient (Wildman–Crippen LogP) is 3.90. The van der Waals surface area contributed by atoms with Gasteiger partial charge in [0, 0.05) is 42.5 Å². The van der Waals surface area contributed by atoms with E-state index in [4.69, 9.17) is 0 Å². The second-order valence-electron chi connectivity index (χ2n) is 6.55. The Kier molecular flexibility index (Phi) is 4.17. The number of hydrogen-bond donors (Lipinski definition) is 1. The molecular formula is C19H21N5O. The largest absolute Gasteiger partial charge is 0.351 e. The molecule has 0 aliphatic heterocycles. The molecule has 1 fully saturated rings. The molecule has 0 bridgehead atoms. The quantitative estimate of drug-likeness (QED) is 0.786. The fourth-order valence-electron chi connectivity index (χ4n) is 3.51. The lowest BCUT2D eigenvalue weighted by Crippen LogP contribution is -2.23. The van der Waals surface area contributed by atoms with Crippen LogP contribution in [0.1, 0.15) is 43.8 Å². The van der Waals surface area contributed by atoms with Crippen LogP contribution in [0.25, 0.3) is 22.3 Å². The van der Waals surface area contributed by atoms with Crippen LogP contribution < -0.4 is 5.32 Å². The highest BCUT2D eigenvalue weighted by molar-refractivity contribution is 5.98. The zero-order chi connectivity index (χ0) is 17.2. The van der Waals surface area contributed by atoms with Gasteiger partial charge in [-0.3, -0.25) is 9.36 Å². The van der Waals surface area contributed by atoms with Gasteiger partial charge in [0.2, 0.25) is 11.9 Å². The van der Waals surface area contributed by atoms with Crippen molar-refractivity contribution in [3.05, 3.63) is 36.8 Å². The van der Waals surface area contributed by atoms with Gasteiger partial charge in [-0.15, -0.1) is 0 Å². The van der Waals surface area contributed by atoms with Gasteiger partial charge in [-0.05, 0) is 31.0 Å². The van der Waals surface area contributed by atoms with Crippen molar-refractivity contribution < 1.29 is 4.79 Å². The van der Waals surface area contributed by atoms with E-state index in [1.54, 1.807) is 17.0 Å². The smallest absolute Gasteiger partial charge is 0.229 e. The molecule has 6 nitrogen and oxygen atoms in total. The molecule has 3 heterocycles. The zero-order valence-corrected chi connectivity index (χ0v) is 14.3. The van der Waals surface area contributed by atoms with Crippen molar-refractivity contribution >= 4 is 22.9 Å². The van der Waals surface area contributed by atoms with Crippen molar-refractivity contribution in [3.8, 4) is 11.3 Å². The number of carbonyl (C=O) groups is 1. The summed E-state index contributed by atoms with van der Waals surface area (Å²) in [6.45, 7) is 1.54. The molecule has 0 unspecified atom stereocenters. The van der Waals surface area contributed by atoms with Crippen LogP contribution in [0.5, 0.6) is 0 Å². The SMILES string of the molecule is CC(=O)n1cc(-c2ccnc(NC3CCCCC3)n2)c2cccnc21. The van der Waals surface area contributed by atoms with Gasteiger partial charge in [-0.2, -0.15) is 0 Å². The number of aromatic nitrogens is 4. The Labute approximate surface area is 146 Å². The third-order valence-corrected chi connectivity index (χ3v) is 4.77. The summed E-state index contributed by atoms with van der Waals surface area (Å²) >= 11 is 0. The Bertz CT molecular complexity index is 911. The zero-order valence-electron chi connectivity index (χ0n) is 14.3. The van der Waals surface area contributed by atoms with Crippen LogP contribution in [-0.2, 0) is 0 Å². The number of anilines is 1. The maximum Gasteiger partial charge on any atom is 0.229 e. The minimum Gasteiger partial charge on any atom is -0.351 e. The third kappa shape index (κ3) is 3.12. The van der Waals surface area contributed by atoms with Crippen molar-refractivity contribution in [2.24, 2.45) is 0 Å². The molecule has 0 saturated heterocycles. The lowest BCUT2D eigenvalue weighted by atomic mass is 9.96. The first-order chi connectivity index (χ1) is 12.2. The van der Waals surface area contributed by atoms with Gasteiger partial charge < -0.3 is 5.32 Å². The van der Waals surface area contributed by atoms with Crippen molar-refractivity contribution in [1.29, 1.82) is 0 Å². The molecule has 1 saturated carbocycles. The standard InChI is InChI=1S/C19H21N5O/c1-13(25)24-12-16(15-8-5-10-20-18(15)24)17-9-11-21-19(23-17)22-14-6-3-2-4-7-14/h5,8-12,14H,2-4,6-7H2,1H3,(H,21,22,23). The number of nitrogens with one attached hydrogen (secondary N) is 1. The number of rotatable bonds is 3. The lowest BCUT2D eigenvalue weighted by Gasteiger charge is -2.22. The molecule has 1 N–H and O–H groups in total. The first kappa shape index (κ1) is 15.7. The van der Waals surface area contributed by atoms with Gasteiger partial charge in [0.15, 0.2) is 0 Å². The molecule has 0 radical (unpaired) electrons. The fourth-order valence-corrected chi connectivity index (χ4v) is 3.51. The predicted molar refractivity (Wildman–Crippen MR) is 97.6 cm³/mol. The van der Waals surface area contributed by atoms with E-state index < -0.39 is 0 Å².